The molecule has 0 bridgehead atoms. The first-order valence-electron chi connectivity index (χ1n) is 9.54. The van der Waals surface area contributed by atoms with Gasteiger partial charge in [0.05, 0.1) is 13.2 Å². The average molecular weight is 397 g/mol. The molecule has 2 aromatic rings. The fraction of sp³-hybridized carbons (Fsp3) is 0.304. The van der Waals surface area contributed by atoms with Crippen LogP contribution in [-0.2, 0) is 14.3 Å². The summed E-state index contributed by atoms with van der Waals surface area (Å²) in [6.45, 7) is 8.31. The van der Waals surface area contributed by atoms with Crippen LogP contribution in [0.1, 0.15) is 30.5 Å². The molecule has 0 aliphatic carbocycles. The fourth-order valence-corrected chi connectivity index (χ4v) is 2.58. The molecule has 0 aliphatic rings. The lowest BCUT2D eigenvalue weighted by atomic mass is 10.1. The van der Waals surface area contributed by atoms with E-state index in [0.29, 0.717) is 30.4 Å². The van der Waals surface area contributed by atoms with Crippen LogP contribution in [-0.4, -0.2) is 31.7 Å². The fourth-order valence-electron chi connectivity index (χ4n) is 2.58. The highest BCUT2D eigenvalue weighted by Gasteiger charge is 2.08. The highest BCUT2D eigenvalue weighted by Crippen LogP contribution is 2.29. The van der Waals surface area contributed by atoms with E-state index in [-0.39, 0.29) is 12.5 Å². The van der Waals surface area contributed by atoms with Gasteiger partial charge in [-0.2, -0.15) is 0 Å². The number of hydrogen-bond donors (Lipinski definition) is 1. The lowest BCUT2D eigenvalue weighted by Gasteiger charge is -2.11. The van der Waals surface area contributed by atoms with Gasteiger partial charge in [-0.3, -0.25) is 4.79 Å². The van der Waals surface area contributed by atoms with Gasteiger partial charge >= 0.3 is 5.97 Å². The molecule has 29 heavy (non-hydrogen) atoms. The quantitative estimate of drug-likeness (QED) is 0.505. The summed E-state index contributed by atoms with van der Waals surface area (Å²) in [5.41, 5.74) is 3.44. The van der Waals surface area contributed by atoms with Crippen LogP contribution in [0.4, 0.5) is 5.69 Å². The molecule has 0 saturated heterocycles. The van der Waals surface area contributed by atoms with E-state index in [0.717, 1.165) is 16.7 Å². The first-order valence-corrected chi connectivity index (χ1v) is 9.54. The second kappa shape index (κ2) is 10.9. The highest BCUT2D eigenvalue weighted by molar-refractivity contribution is 5.95. The minimum atomic E-state index is -0.604. The van der Waals surface area contributed by atoms with Gasteiger partial charge in [-0.25, -0.2) is 4.79 Å². The predicted molar refractivity (Wildman–Crippen MR) is 113 cm³/mol. The number of hydrogen-bond acceptors (Lipinski definition) is 5. The van der Waals surface area contributed by atoms with Gasteiger partial charge < -0.3 is 19.5 Å². The largest absolute Gasteiger partial charge is 0.490 e. The zero-order chi connectivity index (χ0) is 21.2. The van der Waals surface area contributed by atoms with E-state index in [1.807, 2.05) is 52.0 Å². The molecular formula is C23H27NO5. The maximum atomic E-state index is 12.0. The Kier molecular flexibility index (Phi) is 8.27. The summed E-state index contributed by atoms with van der Waals surface area (Å²) in [7, 11) is 0. The van der Waals surface area contributed by atoms with E-state index in [1.165, 1.54) is 6.08 Å². The lowest BCUT2D eigenvalue weighted by Crippen LogP contribution is -2.20. The van der Waals surface area contributed by atoms with Gasteiger partial charge in [0.1, 0.15) is 0 Å². The second-order valence-corrected chi connectivity index (χ2v) is 6.38. The molecule has 0 saturated carbocycles. The zero-order valence-corrected chi connectivity index (χ0v) is 17.3. The average Bonchev–Trinajstić information content (AvgIpc) is 2.69. The highest BCUT2D eigenvalue weighted by atomic mass is 16.5. The SMILES string of the molecule is CCOc1ccc(/C=C/C(=O)OCC(=O)Nc2cc(C)ccc2C)cc1OCC. The third-order valence-corrected chi connectivity index (χ3v) is 3.99. The summed E-state index contributed by atoms with van der Waals surface area (Å²) in [5.74, 6) is 0.267. The van der Waals surface area contributed by atoms with Crippen molar-refractivity contribution in [3.8, 4) is 11.5 Å². The van der Waals surface area contributed by atoms with Crippen LogP contribution >= 0.6 is 0 Å². The predicted octanol–water partition coefficient (Wildman–Crippen LogP) is 4.30. The van der Waals surface area contributed by atoms with Gasteiger partial charge in [-0.05, 0) is 68.7 Å². The summed E-state index contributed by atoms with van der Waals surface area (Å²) in [6, 6.07) is 11.1. The van der Waals surface area contributed by atoms with Crippen molar-refractivity contribution >= 4 is 23.6 Å². The van der Waals surface area contributed by atoms with E-state index in [4.69, 9.17) is 14.2 Å². The number of ether oxygens (including phenoxy) is 3. The Labute approximate surface area is 171 Å². The standard InChI is InChI=1S/C23H27NO5/c1-5-27-20-11-9-18(14-21(20)28-6-2)10-12-23(26)29-15-22(25)24-19-13-16(3)7-8-17(19)4/h7-14H,5-6,15H2,1-4H3,(H,24,25)/b12-10+. The van der Waals surface area contributed by atoms with Gasteiger partial charge in [-0.1, -0.05) is 18.2 Å². The van der Waals surface area contributed by atoms with E-state index in [9.17, 15) is 9.59 Å². The zero-order valence-electron chi connectivity index (χ0n) is 17.3. The van der Waals surface area contributed by atoms with Gasteiger partial charge in [0.2, 0.25) is 0 Å². The van der Waals surface area contributed by atoms with Gasteiger partial charge in [-0.15, -0.1) is 0 Å². The molecule has 1 amide bonds. The lowest BCUT2D eigenvalue weighted by molar-refractivity contribution is -0.142. The topological polar surface area (TPSA) is 73.9 Å². The van der Waals surface area contributed by atoms with Gasteiger partial charge in [0.15, 0.2) is 18.1 Å². The molecule has 0 atom stereocenters. The Morgan fingerprint density at radius 3 is 2.41 bits per heavy atom. The van der Waals surface area contributed by atoms with Crippen molar-refractivity contribution < 1.29 is 23.8 Å². The molecule has 0 heterocycles. The van der Waals surface area contributed by atoms with Crippen LogP contribution in [0.3, 0.4) is 0 Å². The number of carbonyl (C=O) groups excluding carboxylic acids is 2. The van der Waals surface area contributed by atoms with E-state index in [2.05, 4.69) is 5.32 Å². The van der Waals surface area contributed by atoms with E-state index >= 15 is 0 Å². The maximum Gasteiger partial charge on any atom is 0.331 e. The maximum absolute atomic E-state index is 12.0. The number of aryl methyl sites for hydroxylation is 2. The molecule has 0 aliphatic heterocycles. The van der Waals surface area contributed by atoms with E-state index < -0.39 is 5.97 Å². The van der Waals surface area contributed by atoms with Crippen molar-refractivity contribution in [2.75, 3.05) is 25.1 Å². The number of anilines is 1. The summed E-state index contributed by atoms with van der Waals surface area (Å²) in [6.07, 6.45) is 2.87. The molecule has 0 fully saturated rings. The molecule has 2 rings (SSSR count). The van der Waals surface area contributed by atoms with Crippen molar-refractivity contribution in [2.24, 2.45) is 0 Å². The molecule has 0 aromatic heterocycles. The number of esters is 1. The van der Waals surface area contributed by atoms with Crippen LogP contribution in [0.15, 0.2) is 42.5 Å². The minimum Gasteiger partial charge on any atom is -0.490 e. The molecule has 0 radical (unpaired) electrons. The summed E-state index contributed by atoms with van der Waals surface area (Å²) in [5, 5.41) is 2.75. The van der Waals surface area contributed by atoms with Crippen molar-refractivity contribution in [1.82, 2.24) is 0 Å². The normalized spacial score (nSPS) is 10.6. The van der Waals surface area contributed by atoms with Gasteiger partial charge in [0.25, 0.3) is 5.91 Å². The van der Waals surface area contributed by atoms with Crippen LogP contribution in [0, 0.1) is 13.8 Å². The summed E-state index contributed by atoms with van der Waals surface area (Å²) in [4.78, 5) is 24.0. The molecule has 1 N–H and O–H groups in total. The van der Waals surface area contributed by atoms with Gasteiger partial charge in [0, 0.05) is 11.8 Å². The van der Waals surface area contributed by atoms with Crippen molar-refractivity contribution in [3.63, 3.8) is 0 Å². The Bertz CT molecular complexity index is 889. The van der Waals surface area contributed by atoms with Crippen LogP contribution in [0.5, 0.6) is 11.5 Å². The molecule has 6 nitrogen and oxygen atoms in total. The molecule has 0 unspecified atom stereocenters. The van der Waals surface area contributed by atoms with Crippen LogP contribution in [0.25, 0.3) is 6.08 Å². The van der Waals surface area contributed by atoms with Crippen molar-refractivity contribution in [3.05, 3.63) is 59.2 Å². The number of rotatable bonds is 9. The Hall–Kier alpha value is -3.28. The molecule has 6 heteroatoms. The monoisotopic (exact) mass is 397 g/mol. The third kappa shape index (κ3) is 6.99. The Morgan fingerprint density at radius 1 is 0.966 bits per heavy atom. The van der Waals surface area contributed by atoms with Crippen molar-refractivity contribution in [2.45, 2.75) is 27.7 Å². The van der Waals surface area contributed by atoms with Crippen LogP contribution < -0.4 is 14.8 Å². The smallest absolute Gasteiger partial charge is 0.331 e. The molecule has 154 valence electrons. The van der Waals surface area contributed by atoms with E-state index in [1.54, 1.807) is 18.2 Å². The number of amides is 1. The molecule has 2 aromatic carbocycles. The number of benzene rings is 2. The first-order chi connectivity index (χ1) is 13.9. The summed E-state index contributed by atoms with van der Waals surface area (Å²) >= 11 is 0. The van der Waals surface area contributed by atoms with Crippen molar-refractivity contribution in [1.29, 1.82) is 0 Å². The Balaban J connectivity index is 1.91. The third-order valence-electron chi connectivity index (χ3n) is 3.99. The molecule has 0 spiro atoms. The summed E-state index contributed by atoms with van der Waals surface area (Å²) < 4.78 is 16.1. The Morgan fingerprint density at radius 2 is 1.69 bits per heavy atom. The minimum absolute atomic E-state index is 0.357. The first kappa shape index (κ1) is 22.0. The second-order valence-electron chi connectivity index (χ2n) is 6.38. The number of nitrogens with one attached hydrogen (secondary N) is 1. The van der Waals surface area contributed by atoms with Crippen LogP contribution in [0.2, 0.25) is 0 Å². The molecular weight excluding hydrogens is 370 g/mol. The number of carbonyl (C=O) groups is 2.